The van der Waals surface area contributed by atoms with E-state index in [9.17, 15) is 4.79 Å². The summed E-state index contributed by atoms with van der Waals surface area (Å²) < 4.78 is 7.03. The van der Waals surface area contributed by atoms with Crippen molar-refractivity contribution in [3.05, 3.63) is 47.8 Å². The lowest BCUT2D eigenvalue weighted by atomic mass is 10.1. The first-order valence-electron chi connectivity index (χ1n) is 7.96. The van der Waals surface area contributed by atoms with E-state index < -0.39 is 0 Å². The van der Waals surface area contributed by atoms with E-state index in [1.54, 1.807) is 11.8 Å². The largest absolute Gasteiger partial charge is 0.497 e. The van der Waals surface area contributed by atoms with Gasteiger partial charge in [-0.3, -0.25) is 9.48 Å². The van der Waals surface area contributed by atoms with Gasteiger partial charge in [0.15, 0.2) is 0 Å². The number of ether oxygens (including phenoxy) is 1. The fraction of sp³-hybridized carbons (Fsp3) is 0.444. The first kappa shape index (κ1) is 17.1. The maximum atomic E-state index is 12.6. The fourth-order valence-corrected chi connectivity index (χ4v) is 2.74. The van der Waals surface area contributed by atoms with Gasteiger partial charge in [-0.15, -0.1) is 0 Å². The van der Waals surface area contributed by atoms with Crippen LogP contribution in [0.5, 0.6) is 5.75 Å². The van der Waals surface area contributed by atoms with E-state index in [1.165, 1.54) is 0 Å². The minimum atomic E-state index is 0.0245. The van der Waals surface area contributed by atoms with Crippen molar-refractivity contribution in [1.29, 1.82) is 0 Å². The van der Waals surface area contributed by atoms with Gasteiger partial charge in [0.1, 0.15) is 5.75 Å². The first-order valence-corrected chi connectivity index (χ1v) is 7.96. The van der Waals surface area contributed by atoms with Crippen molar-refractivity contribution in [2.45, 2.75) is 32.7 Å². The molecule has 23 heavy (non-hydrogen) atoms. The van der Waals surface area contributed by atoms with Gasteiger partial charge < -0.3 is 9.64 Å². The van der Waals surface area contributed by atoms with E-state index in [1.807, 2.05) is 55.5 Å². The quantitative estimate of drug-likeness (QED) is 0.789. The lowest BCUT2D eigenvalue weighted by molar-refractivity contribution is -0.133. The molecule has 2 aromatic rings. The number of carbonyl (C=O) groups is 1. The van der Waals surface area contributed by atoms with Crippen molar-refractivity contribution in [3.8, 4) is 5.75 Å². The van der Waals surface area contributed by atoms with Gasteiger partial charge in [-0.1, -0.05) is 12.1 Å². The van der Waals surface area contributed by atoms with Crippen LogP contribution in [0.3, 0.4) is 0 Å². The highest BCUT2D eigenvalue weighted by Gasteiger charge is 2.20. The molecular formula is C18H25N3O2. The van der Waals surface area contributed by atoms with Gasteiger partial charge in [0, 0.05) is 26.2 Å². The Balaban J connectivity index is 2.03. The highest BCUT2D eigenvalue weighted by molar-refractivity contribution is 5.77. The van der Waals surface area contributed by atoms with Gasteiger partial charge in [-0.05, 0) is 43.5 Å². The third-order valence-corrected chi connectivity index (χ3v) is 4.09. The van der Waals surface area contributed by atoms with Crippen molar-refractivity contribution in [3.63, 3.8) is 0 Å². The predicted molar refractivity (Wildman–Crippen MR) is 90.3 cm³/mol. The molecule has 0 fully saturated rings. The van der Waals surface area contributed by atoms with E-state index in [0.29, 0.717) is 19.4 Å². The summed E-state index contributed by atoms with van der Waals surface area (Å²) >= 11 is 0. The summed E-state index contributed by atoms with van der Waals surface area (Å²) in [5.74, 6) is 0.972. The zero-order valence-electron chi connectivity index (χ0n) is 14.3. The average Bonchev–Trinajstić information content (AvgIpc) is 2.99. The number of aromatic nitrogens is 2. The minimum absolute atomic E-state index is 0.0245. The number of benzene rings is 1. The molecule has 0 saturated heterocycles. The third kappa shape index (κ3) is 4.34. The Morgan fingerprint density at radius 1 is 1.43 bits per heavy atom. The van der Waals surface area contributed by atoms with E-state index in [4.69, 9.17) is 4.74 Å². The standard InChI is InChI=1S/C18H25N3O2/c1-5-21(14(2)16-7-6-8-17(11-16)23-4)18(22)10-9-15-12-19-20(3)13-15/h6-8,11-14H,5,9-10H2,1-4H3. The second-order valence-electron chi connectivity index (χ2n) is 5.65. The molecule has 0 aliphatic carbocycles. The number of carbonyl (C=O) groups excluding carboxylic acids is 1. The van der Waals surface area contributed by atoms with Crippen LogP contribution in [-0.2, 0) is 18.3 Å². The Labute approximate surface area is 137 Å². The average molecular weight is 315 g/mol. The number of nitrogens with zero attached hydrogens (tertiary/aromatic N) is 3. The van der Waals surface area contributed by atoms with Gasteiger partial charge in [0.05, 0.1) is 19.3 Å². The molecule has 0 aliphatic rings. The van der Waals surface area contributed by atoms with Gasteiger partial charge in [-0.25, -0.2) is 0 Å². The molecule has 0 aliphatic heterocycles. The molecule has 5 nitrogen and oxygen atoms in total. The number of aryl methyl sites for hydroxylation is 2. The highest BCUT2D eigenvalue weighted by Crippen LogP contribution is 2.24. The normalized spacial score (nSPS) is 12.0. The van der Waals surface area contributed by atoms with Crippen LogP contribution in [0.15, 0.2) is 36.7 Å². The van der Waals surface area contributed by atoms with Crippen molar-refractivity contribution in [2.75, 3.05) is 13.7 Å². The molecular weight excluding hydrogens is 290 g/mol. The molecule has 0 bridgehead atoms. The van der Waals surface area contributed by atoms with Crippen LogP contribution in [0.25, 0.3) is 0 Å². The van der Waals surface area contributed by atoms with Gasteiger partial charge in [0.25, 0.3) is 0 Å². The lowest BCUT2D eigenvalue weighted by Gasteiger charge is -2.28. The molecule has 1 unspecified atom stereocenters. The number of amides is 1. The van der Waals surface area contributed by atoms with Gasteiger partial charge in [0.2, 0.25) is 5.91 Å². The van der Waals surface area contributed by atoms with Crippen molar-refractivity contribution in [1.82, 2.24) is 14.7 Å². The summed E-state index contributed by atoms with van der Waals surface area (Å²) in [6.07, 6.45) is 4.98. The van der Waals surface area contributed by atoms with Gasteiger partial charge in [-0.2, -0.15) is 5.10 Å². The maximum Gasteiger partial charge on any atom is 0.223 e. The topological polar surface area (TPSA) is 47.4 Å². The second-order valence-corrected chi connectivity index (χ2v) is 5.65. The summed E-state index contributed by atoms with van der Waals surface area (Å²) in [4.78, 5) is 14.5. The van der Waals surface area contributed by atoms with Crippen LogP contribution in [0.2, 0.25) is 0 Å². The second kappa shape index (κ2) is 7.81. The van der Waals surface area contributed by atoms with Gasteiger partial charge >= 0.3 is 0 Å². The molecule has 0 saturated carbocycles. The van der Waals surface area contributed by atoms with Crippen LogP contribution in [0.1, 0.15) is 37.4 Å². The molecule has 124 valence electrons. The van der Waals surface area contributed by atoms with E-state index >= 15 is 0 Å². The van der Waals surface area contributed by atoms with Crippen molar-refractivity contribution in [2.24, 2.45) is 7.05 Å². The molecule has 1 heterocycles. The molecule has 0 N–H and O–H groups in total. The monoisotopic (exact) mass is 315 g/mol. The Kier molecular flexibility index (Phi) is 5.79. The molecule has 2 rings (SSSR count). The molecule has 5 heteroatoms. The third-order valence-electron chi connectivity index (χ3n) is 4.09. The van der Waals surface area contributed by atoms with E-state index in [-0.39, 0.29) is 11.9 Å². The summed E-state index contributed by atoms with van der Waals surface area (Å²) in [5.41, 5.74) is 2.17. The molecule has 1 atom stereocenters. The molecule has 1 aromatic heterocycles. The zero-order chi connectivity index (χ0) is 16.8. The number of hydrogen-bond donors (Lipinski definition) is 0. The van der Waals surface area contributed by atoms with Crippen LogP contribution in [-0.4, -0.2) is 34.2 Å². The summed E-state index contributed by atoms with van der Waals surface area (Å²) in [5, 5.41) is 4.14. The van der Waals surface area contributed by atoms with Crippen molar-refractivity contribution >= 4 is 5.91 Å². The lowest BCUT2D eigenvalue weighted by Crippen LogP contribution is -2.33. The number of hydrogen-bond acceptors (Lipinski definition) is 3. The Morgan fingerprint density at radius 2 is 2.22 bits per heavy atom. The van der Waals surface area contributed by atoms with Crippen LogP contribution in [0.4, 0.5) is 0 Å². The minimum Gasteiger partial charge on any atom is -0.497 e. The smallest absolute Gasteiger partial charge is 0.223 e. The Morgan fingerprint density at radius 3 is 2.83 bits per heavy atom. The first-order chi connectivity index (χ1) is 11.0. The number of rotatable bonds is 7. The Bertz CT molecular complexity index is 651. The molecule has 0 spiro atoms. The van der Waals surface area contributed by atoms with E-state index in [2.05, 4.69) is 12.0 Å². The van der Waals surface area contributed by atoms with Crippen molar-refractivity contribution < 1.29 is 9.53 Å². The molecule has 1 amide bonds. The molecule has 0 radical (unpaired) electrons. The fourth-order valence-electron chi connectivity index (χ4n) is 2.74. The predicted octanol–water partition coefficient (Wildman–Crippen LogP) is 2.97. The maximum absolute atomic E-state index is 12.6. The zero-order valence-corrected chi connectivity index (χ0v) is 14.3. The Hall–Kier alpha value is -2.30. The van der Waals surface area contributed by atoms with Crippen LogP contribution in [0, 0.1) is 0 Å². The van der Waals surface area contributed by atoms with Crippen LogP contribution >= 0.6 is 0 Å². The van der Waals surface area contributed by atoms with E-state index in [0.717, 1.165) is 16.9 Å². The highest BCUT2D eigenvalue weighted by atomic mass is 16.5. The molecule has 1 aromatic carbocycles. The SMILES string of the molecule is CCN(C(=O)CCc1cnn(C)c1)C(C)c1cccc(OC)c1. The van der Waals surface area contributed by atoms with Crippen LogP contribution < -0.4 is 4.74 Å². The summed E-state index contributed by atoms with van der Waals surface area (Å²) in [7, 11) is 3.54. The summed E-state index contributed by atoms with van der Waals surface area (Å²) in [6.45, 7) is 4.75. The number of methoxy groups -OCH3 is 1. The summed E-state index contributed by atoms with van der Waals surface area (Å²) in [6, 6.07) is 7.91.